The number of carbonyl (C=O) groups excluding carboxylic acids is 1. The molecule has 0 unspecified atom stereocenters. The van der Waals surface area contributed by atoms with Gasteiger partial charge in [-0.3, -0.25) is 9.69 Å². The first-order valence-electron chi connectivity index (χ1n) is 11.3. The van der Waals surface area contributed by atoms with Gasteiger partial charge < -0.3 is 4.74 Å². The first kappa shape index (κ1) is 25.4. The van der Waals surface area contributed by atoms with E-state index in [0.29, 0.717) is 48.9 Å². The summed E-state index contributed by atoms with van der Waals surface area (Å²) in [6, 6.07) is 29.4. The highest BCUT2D eigenvalue weighted by Crippen LogP contribution is 2.38. The van der Waals surface area contributed by atoms with Crippen molar-refractivity contribution in [2.75, 3.05) is 4.90 Å². The Balaban J connectivity index is 1.43. The second-order valence-corrected chi connectivity index (χ2v) is 10.3. The van der Waals surface area contributed by atoms with Crippen LogP contribution in [0.25, 0.3) is 6.08 Å². The zero-order chi connectivity index (χ0) is 25.8. The van der Waals surface area contributed by atoms with Crippen LogP contribution >= 0.6 is 46.6 Å². The summed E-state index contributed by atoms with van der Waals surface area (Å²) >= 11 is 19.6. The molecule has 0 N–H and O–H groups in total. The number of anilines is 1. The topological polar surface area (TPSA) is 41.9 Å². The Morgan fingerprint density at radius 1 is 0.838 bits per heavy atom. The number of carbonyl (C=O) groups is 1. The average Bonchev–Trinajstić information content (AvgIpc) is 3.20. The summed E-state index contributed by atoms with van der Waals surface area (Å²) in [6.07, 6.45) is 1.84. The first-order chi connectivity index (χ1) is 18.0. The molecule has 0 saturated carbocycles. The van der Waals surface area contributed by atoms with Crippen molar-refractivity contribution in [3.05, 3.63) is 128 Å². The standard InChI is InChI=1S/C29H19Cl3N2O2S/c30-21-8-12-23(13-9-21)33-29-34(24-14-10-22(31)11-15-24)28(35)27(37-29)17-19-4-3-6-25(16-19)36-18-20-5-1-2-7-26(20)32/h1-17H,18H2/b27-17-,33-29?. The minimum Gasteiger partial charge on any atom is -0.489 e. The van der Waals surface area contributed by atoms with Crippen LogP contribution < -0.4 is 9.64 Å². The number of halogens is 3. The van der Waals surface area contributed by atoms with Crippen LogP contribution in [0.15, 0.2) is 107 Å². The molecule has 1 aliphatic heterocycles. The summed E-state index contributed by atoms with van der Waals surface area (Å²) in [6.45, 7) is 0.343. The van der Waals surface area contributed by atoms with Gasteiger partial charge in [0.2, 0.25) is 0 Å². The van der Waals surface area contributed by atoms with Crippen molar-refractivity contribution in [2.45, 2.75) is 6.61 Å². The molecule has 1 amide bonds. The number of nitrogens with zero attached hydrogens (tertiary/aromatic N) is 2. The third-order valence-corrected chi connectivity index (χ3v) is 7.29. The largest absolute Gasteiger partial charge is 0.489 e. The first-order valence-corrected chi connectivity index (χ1v) is 13.2. The smallest absolute Gasteiger partial charge is 0.271 e. The van der Waals surface area contributed by atoms with E-state index in [-0.39, 0.29) is 5.91 Å². The number of rotatable bonds is 6. The third-order valence-electron chi connectivity index (χ3n) is 5.45. The van der Waals surface area contributed by atoms with E-state index in [0.717, 1.165) is 11.1 Å². The third kappa shape index (κ3) is 6.20. The van der Waals surface area contributed by atoms with Crippen molar-refractivity contribution in [2.24, 2.45) is 4.99 Å². The predicted molar refractivity (Wildman–Crippen MR) is 155 cm³/mol. The van der Waals surface area contributed by atoms with Crippen molar-refractivity contribution in [3.63, 3.8) is 0 Å². The van der Waals surface area contributed by atoms with E-state index >= 15 is 0 Å². The zero-order valence-electron chi connectivity index (χ0n) is 19.3. The maximum atomic E-state index is 13.5. The quantitative estimate of drug-likeness (QED) is 0.219. The number of amidine groups is 1. The Morgan fingerprint density at radius 3 is 2.27 bits per heavy atom. The fraction of sp³-hybridized carbons (Fsp3) is 0.0345. The number of hydrogen-bond acceptors (Lipinski definition) is 4. The van der Waals surface area contributed by atoms with Crippen LogP contribution in [-0.2, 0) is 11.4 Å². The lowest BCUT2D eigenvalue weighted by Gasteiger charge is -2.15. The highest BCUT2D eigenvalue weighted by molar-refractivity contribution is 8.19. The van der Waals surface area contributed by atoms with Crippen LogP contribution in [0.1, 0.15) is 11.1 Å². The molecule has 0 aliphatic carbocycles. The van der Waals surface area contributed by atoms with Gasteiger partial charge in [-0.1, -0.05) is 65.1 Å². The summed E-state index contributed by atoms with van der Waals surface area (Å²) in [5.74, 6) is 0.497. The van der Waals surface area contributed by atoms with Crippen LogP contribution in [0.5, 0.6) is 5.75 Å². The molecule has 0 atom stereocenters. The van der Waals surface area contributed by atoms with Gasteiger partial charge in [-0.25, -0.2) is 4.99 Å². The van der Waals surface area contributed by atoms with E-state index in [1.165, 1.54) is 11.8 Å². The molecule has 0 spiro atoms. The number of aliphatic imine (C=N–C) groups is 1. The molecule has 1 heterocycles. The minimum atomic E-state index is -0.178. The number of hydrogen-bond donors (Lipinski definition) is 0. The number of benzene rings is 4. The minimum absolute atomic E-state index is 0.178. The van der Waals surface area contributed by atoms with Gasteiger partial charge in [0.05, 0.1) is 16.3 Å². The van der Waals surface area contributed by atoms with E-state index in [1.807, 2.05) is 66.7 Å². The Kier molecular flexibility index (Phi) is 7.87. The van der Waals surface area contributed by atoms with Crippen LogP contribution in [0.4, 0.5) is 11.4 Å². The molecule has 1 aliphatic rings. The molecule has 184 valence electrons. The molecule has 1 saturated heterocycles. The van der Waals surface area contributed by atoms with Gasteiger partial charge in [-0.05, 0) is 90.1 Å². The summed E-state index contributed by atoms with van der Waals surface area (Å²) in [4.78, 5) is 20.4. The van der Waals surface area contributed by atoms with E-state index < -0.39 is 0 Å². The molecule has 4 aromatic carbocycles. The summed E-state index contributed by atoms with van der Waals surface area (Å²) in [5.41, 5.74) is 3.09. The van der Waals surface area contributed by atoms with Gasteiger partial charge in [-0.2, -0.15) is 0 Å². The van der Waals surface area contributed by atoms with Gasteiger partial charge in [0.25, 0.3) is 5.91 Å². The van der Waals surface area contributed by atoms with Gasteiger partial charge >= 0.3 is 0 Å². The Hall–Kier alpha value is -3.22. The summed E-state index contributed by atoms with van der Waals surface area (Å²) in [7, 11) is 0. The molecule has 0 radical (unpaired) electrons. The fourth-order valence-electron chi connectivity index (χ4n) is 3.61. The molecular weight excluding hydrogens is 547 g/mol. The fourth-order valence-corrected chi connectivity index (χ4v) is 5.06. The number of ether oxygens (including phenoxy) is 1. The maximum absolute atomic E-state index is 13.5. The Bertz CT molecular complexity index is 1500. The van der Waals surface area contributed by atoms with Crippen molar-refractivity contribution in [1.82, 2.24) is 0 Å². The van der Waals surface area contributed by atoms with E-state index in [9.17, 15) is 4.79 Å². The molecule has 8 heteroatoms. The highest BCUT2D eigenvalue weighted by atomic mass is 35.5. The molecule has 37 heavy (non-hydrogen) atoms. The van der Waals surface area contributed by atoms with Gasteiger partial charge in [0.1, 0.15) is 12.4 Å². The van der Waals surface area contributed by atoms with Gasteiger partial charge in [0.15, 0.2) is 5.17 Å². The molecule has 0 aromatic heterocycles. The average molecular weight is 566 g/mol. The lowest BCUT2D eigenvalue weighted by molar-refractivity contribution is -0.113. The maximum Gasteiger partial charge on any atom is 0.271 e. The van der Waals surface area contributed by atoms with Crippen molar-refractivity contribution >= 4 is 75.1 Å². The summed E-state index contributed by atoms with van der Waals surface area (Å²) in [5, 5.41) is 2.39. The van der Waals surface area contributed by atoms with Crippen molar-refractivity contribution < 1.29 is 9.53 Å². The van der Waals surface area contributed by atoms with Crippen LogP contribution in [0.2, 0.25) is 15.1 Å². The predicted octanol–water partition coefficient (Wildman–Crippen LogP) is 9.03. The zero-order valence-corrected chi connectivity index (χ0v) is 22.4. The SMILES string of the molecule is O=C1/C(=C/c2cccc(OCc3ccccc3Cl)c2)SC(=Nc2ccc(Cl)cc2)N1c1ccc(Cl)cc1. The molecule has 5 rings (SSSR count). The van der Waals surface area contributed by atoms with E-state index in [2.05, 4.69) is 0 Å². The van der Waals surface area contributed by atoms with Crippen LogP contribution in [-0.4, -0.2) is 11.1 Å². The Morgan fingerprint density at radius 2 is 1.54 bits per heavy atom. The van der Waals surface area contributed by atoms with Crippen LogP contribution in [0, 0.1) is 0 Å². The highest BCUT2D eigenvalue weighted by Gasteiger charge is 2.34. The van der Waals surface area contributed by atoms with Crippen LogP contribution in [0.3, 0.4) is 0 Å². The number of thioether (sulfide) groups is 1. The molecule has 4 aromatic rings. The number of amides is 1. The van der Waals surface area contributed by atoms with Crippen molar-refractivity contribution in [1.29, 1.82) is 0 Å². The molecular formula is C29H19Cl3N2O2S. The second-order valence-electron chi connectivity index (χ2n) is 8.05. The molecule has 0 bridgehead atoms. The van der Waals surface area contributed by atoms with Gasteiger partial charge in [0, 0.05) is 20.6 Å². The summed E-state index contributed by atoms with van der Waals surface area (Å²) < 4.78 is 5.95. The molecule has 4 nitrogen and oxygen atoms in total. The van der Waals surface area contributed by atoms with Crippen molar-refractivity contribution in [3.8, 4) is 5.75 Å². The second kappa shape index (κ2) is 11.4. The molecule has 1 fully saturated rings. The van der Waals surface area contributed by atoms with E-state index in [4.69, 9.17) is 44.5 Å². The van der Waals surface area contributed by atoms with Gasteiger partial charge in [-0.15, -0.1) is 0 Å². The lowest BCUT2D eigenvalue weighted by Crippen LogP contribution is -2.28. The monoisotopic (exact) mass is 564 g/mol. The van der Waals surface area contributed by atoms with E-state index in [1.54, 1.807) is 41.3 Å². The normalized spacial score (nSPS) is 15.5. The Labute approximate surface area is 234 Å². The lowest BCUT2D eigenvalue weighted by atomic mass is 10.2.